The molecule has 1 saturated heterocycles. The fourth-order valence-electron chi connectivity index (χ4n) is 3.00. The maximum Gasteiger partial charge on any atom is 1.00 e. The Hall–Kier alpha value is -2.13. The van der Waals surface area contributed by atoms with Crippen molar-refractivity contribution in [3.63, 3.8) is 0 Å². The van der Waals surface area contributed by atoms with Crippen LogP contribution in [0.5, 0.6) is 5.75 Å². The van der Waals surface area contributed by atoms with Crippen molar-refractivity contribution >= 4 is 33.8 Å². The molecule has 0 radical (unpaired) electrons. The van der Waals surface area contributed by atoms with E-state index in [0.717, 1.165) is 17.3 Å². The average Bonchev–Trinajstić information content (AvgIpc) is 3.01. The van der Waals surface area contributed by atoms with E-state index in [-0.39, 0.29) is 52.9 Å². The van der Waals surface area contributed by atoms with E-state index in [4.69, 9.17) is 4.74 Å². The Labute approximate surface area is 193 Å². The summed E-state index contributed by atoms with van der Waals surface area (Å²) in [6.07, 6.45) is 0.475. The number of para-hydroxylation sites is 1. The number of thioether (sulfide) groups is 1. The van der Waals surface area contributed by atoms with Gasteiger partial charge in [0.25, 0.3) is 10.8 Å². The molecular weight excluding hydrogens is 401 g/mol. The molecule has 0 bridgehead atoms. The van der Waals surface area contributed by atoms with Crippen LogP contribution in [0.2, 0.25) is 0 Å². The summed E-state index contributed by atoms with van der Waals surface area (Å²) in [6.45, 7) is 0.158. The molecule has 1 unspecified atom stereocenters. The van der Waals surface area contributed by atoms with Crippen LogP contribution in [0.1, 0.15) is 11.4 Å². The number of benzene rings is 2. The maximum atomic E-state index is 12.4. The van der Waals surface area contributed by atoms with Gasteiger partial charge >= 0.3 is 29.6 Å². The summed E-state index contributed by atoms with van der Waals surface area (Å²) in [4.78, 5) is 39.8. The normalized spacial score (nSPS) is 15.8. The minimum atomic E-state index is -0.393. The number of ether oxygens (including phenoxy) is 1. The van der Waals surface area contributed by atoms with Crippen molar-refractivity contribution in [2.45, 2.75) is 18.3 Å². The van der Waals surface area contributed by atoms with Crippen LogP contribution in [0.25, 0.3) is 10.9 Å². The fourth-order valence-corrected chi connectivity index (χ4v) is 3.86. The second kappa shape index (κ2) is 9.13. The van der Waals surface area contributed by atoms with Gasteiger partial charge in [0.2, 0.25) is 5.91 Å². The van der Waals surface area contributed by atoms with Crippen LogP contribution in [0.3, 0.4) is 0 Å². The second-order valence-corrected chi connectivity index (χ2v) is 7.60. The van der Waals surface area contributed by atoms with Crippen molar-refractivity contribution < 1.29 is 43.9 Å². The molecule has 1 aliphatic heterocycles. The smallest absolute Gasteiger partial charge is 0.486 e. The molecule has 2 aromatic carbocycles. The number of amides is 2. The number of aromatic nitrogens is 2. The number of carbonyl (C=O) groups is 2. The van der Waals surface area contributed by atoms with E-state index < -0.39 is 5.25 Å². The van der Waals surface area contributed by atoms with Gasteiger partial charge in [-0.3, -0.25) is 24.3 Å². The molecule has 3 aromatic rings. The molecule has 1 aliphatic rings. The zero-order valence-corrected chi connectivity index (χ0v) is 18.9. The summed E-state index contributed by atoms with van der Waals surface area (Å²) in [7, 11) is 1.68. The SMILES string of the molecule is Cn1c(COc2ccc(CC3SC(=O)NC3=O)cc2)nc2ccccc2c1=O.[Na+]. The molecule has 2 amide bonds. The molecule has 2 heterocycles. The van der Waals surface area contributed by atoms with Gasteiger partial charge in [-0.15, -0.1) is 0 Å². The third-order valence-corrected chi connectivity index (χ3v) is 5.54. The number of rotatable bonds is 5. The number of nitrogens with one attached hydrogen (secondary N) is 1. The largest absolute Gasteiger partial charge is 1.00 e. The molecule has 1 atom stereocenters. The van der Waals surface area contributed by atoms with E-state index in [9.17, 15) is 14.4 Å². The number of fused-ring (bicyclic) bond motifs is 1. The Balaban J connectivity index is 0.00000240. The van der Waals surface area contributed by atoms with Gasteiger partial charge in [0.15, 0.2) is 0 Å². The average molecular weight is 418 g/mol. The first-order chi connectivity index (χ1) is 13.5. The Kier molecular flexibility index (Phi) is 6.79. The van der Waals surface area contributed by atoms with Gasteiger partial charge in [-0.25, -0.2) is 4.98 Å². The minimum absolute atomic E-state index is 0. The molecule has 7 nitrogen and oxygen atoms in total. The van der Waals surface area contributed by atoms with E-state index >= 15 is 0 Å². The topological polar surface area (TPSA) is 90.3 Å². The number of hydrogen-bond donors (Lipinski definition) is 1. The summed E-state index contributed by atoms with van der Waals surface area (Å²) in [5.74, 6) is 0.912. The molecule has 1 N–H and O–H groups in total. The molecule has 142 valence electrons. The van der Waals surface area contributed by atoms with Gasteiger partial charge in [0, 0.05) is 7.05 Å². The predicted molar refractivity (Wildman–Crippen MR) is 106 cm³/mol. The third-order valence-electron chi connectivity index (χ3n) is 4.56. The molecule has 0 spiro atoms. The van der Waals surface area contributed by atoms with Gasteiger partial charge in [0.1, 0.15) is 18.2 Å². The Bertz CT molecular complexity index is 1130. The van der Waals surface area contributed by atoms with Crippen LogP contribution in [0.15, 0.2) is 53.3 Å². The summed E-state index contributed by atoms with van der Waals surface area (Å²) in [5, 5.41) is 2.16. The van der Waals surface area contributed by atoms with E-state index in [0.29, 0.717) is 28.9 Å². The van der Waals surface area contributed by atoms with Crippen molar-refractivity contribution in [2.75, 3.05) is 0 Å². The molecular formula is C20H17N3NaO4S+. The van der Waals surface area contributed by atoms with E-state index in [1.165, 1.54) is 4.57 Å². The molecule has 0 saturated carbocycles. The first-order valence-electron chi connectivity index (χ1n) is 8.69. The number of hydrogen-bond acceptors (Lipinski definition) is 6. The van der Waals surface area contributed by atoms with Gasteiger partial charge in [-0.05, 0) is 36.2 Å². The monoisotopic (exact) mass is 418 g/mol. The van der Waals surface area contributed by atoms with Crippen LogP contribution in [0, 0.1) is 0 Å². The Morgan fingerprint density at radius 3 is 2.52 bits per heavy atom. The van der Waals surface area contributed by atoms with Crippen LogP contribution in [-0.4, -0.2) is 25.9 Å². The van der Waals surface area contributed by atoms with Gasteiger partial charge in [-0.1, -0.05) is 36.0 Å². The predicted octanol–water partition coefficient (Wildman–Crippen LogP) is -0.589. The molecule has 0 aliphatic carbocycles. The van der Waals surface area contributed by atoms with Crippen LogP contribution >= 0.6 is 11.8 Å². The van der Waals surface area contributed by atoms with Crippen LogP contribution in [0.4, 0.5) is 4.79 Å². The van der Waals surface area contributed by atoms with Crippen molar-refractivity contribution in [3.05, 3.63) is 70.3 Å². The van der Waals surface area contributed by atoms with Gasteiger partial charge in [-0.2, -0.15) is 0 Å². The van der Waals surface area contributed by atoms with Crippen LogP contribution < -0.4 is 45.2 Å². The van der Waals surface area contributed by atoms with E-state index in [2.05, 4.69) is 10.3 Å². The van der Waals surface area contributed by atoms with Gasteiger partial charge in [0.05, 0.1) is 16.2 Å². The molecule has 29 heavy (non-hydrogen) atoms. The van der Waals surface area contributed by atoms with Gasteiger partial charge < -0.3 is 4.74 Å². The van der Waals surface area contributed by atoms with Crippen molar-refractivity contribution in [1.29, 1.82) is 0 Å². The van der Waals surface area contributed by atoms with Crippen molar-refractivity contribution in [1.82, 2.24) is 14.9 Å². The Morgan fingerprint density at radius 1 is 1.10 bits per heavy atom. The summed E-state index contributed by atoms with van der Waals surface area (Å²) in [5.41, 5.74) is 1.47. The maximum absolute atomic E-state index is 12.4. The molecule has 1 aromatic heterocycles. The first-order valence-corrected chi connectivity index (χ1v) is 9.57. The number of carbonyl (C=O) groups excluding carboxylic acids is 2. The third kappa shape index (κ3) is 4.72. The first kappa shape index (κ1) is 21.6. The zero-order valence-electron chi connectivity index (χ0n) is 16.0. The second-order valence-electron chi connectivity index (χ2n) is 6.43. The summed E-state index contributed by atoms with van der Waals surface area (Å²) in [6, 6.07) is 14.5. The number of imide groups is 1. The van der Waals surface area contributed by atoms with Crippen molar-refractivity contribution in [2.24, 2.45) is 7.05 Å². The van der Waals surface area contributed by atoms with Crippen molar-refractivity contribution in [3.8, 4) is 5.75 Å². The standard InChI is InChI=1S/C20H17N3O4S.Na/c1-23-17(21-15-5-3-2-4-14(15)19(23)25)11-27-13-8-6-12(7-9-13)10-16-18(24)22-20(26)28-16;/h2-9,16H,10-11H2,1H3,(H,22,24,26);/q;+1. The summed E-state index contributed by atoms with van der Waals surface area (Å²) < 4.78 is 7.27. The summed E-state index contributed by atoms with van der Waals surface area (Å²) >= 11 is 1.01. The van der Waals surface area contributed by atoms with E-state index in [1.54, 1.807) is 31.3 Å². The van der Waals surface area contributed by atoms with E-state index in [1.807, 2.05) is 24.3 Å². The quantitative estimate of drug-likeness (QED) is 0.557. The fraction of sp³-hybridized carbons (Fsp3) is 0.200. The minimum Gasteiger partial charge on any atom is -0.486 e. The molecule has 1 fully saturated rings. The molecule has 9 heteroatoms. The van der Waals surface area contributed by atoms with Crippen LogP contribution in [-0.2, 0) is 24.9 Å². The Morgan fingerprint density at radius 2 is 1.83 bits per heavy atom. The number of nitrogens with zero attached hydrogens (tertiary/aromatic N) is 2. The zero-order chi connectivity index (χ0) is 19.7. The molecule has 4 rings (SSSR count).